The number of amides is 1. The summed E-state index contributed by atoms with van der Waals surface area (Å²) < 4.78 is 28.5. The molecule has 2 aromatic carbocycles. The van der Waals surface area contributed by atoms with Crippen molar-refractivity contribution < 1.29 is 17.9 Å². The molecule has 6 nitrogen and oxygen atoms in total. The molecule has 8 heteroatoms. The number of aryl methyl sites for hydroxylation is 1. The third kappa shape index (κ3) is 4.35. The van der Waals surface area contributed by atoms with Gasteiger partial charge in [0.25, 0.3) is 5.91 Å². The van der Waals surface area contributed by atoms with E-state index < -0.39 is 15.7 Å². The van der Waals surface area contributed by atoms with Crippen molar-refractivity contribution in [2.75, 3.05) is 18.7 Å². The smallest absolute Gasteiger partial charge is 0.257 e. The summed E-state index contributed by atoms with van der Waals surface area (Å²) in [6.07, 6.45) is 1.11. The van der Waals surface area contributed by atoms with Gasteiger partial charge in [-0.3, -0.25) is 10.1 Å². The van der Waals surface area contributed by atoms with Crippen LogP contribution in [0.25, 0.3) is 11.3 Å². The van der Waals surface area contributed by atoms with Crippen molar-refractivity contribution in [2.45, 2.75) is 11.8 Å². The topological polar surface area (TPSA) is 85.4 Å². The minimum Gasteiger partial charge on any atom is -0.497 e. The van der Waals surface area contributed by atoms with Gasteiger partial charge in [0.2, 0.25) is 0 Å². The van der Waals surface area contributed by atoms with Crippen molar-refractivity contribution in [3.8, 4) is 17.0 Å². The second-order valence-corrected chi connectivity index (χ2v) is 9.13. The molecule has 3 rings (SSSR count). The summed E-state index contributed by atoms with van der Waals surface area (Å²) in [5, 5.41) is 3.19. The van der Waals surface area contributed by atoms with E-state index in [0.29, 0.717) is 5.13 Å². The lowest BCUT2D eigenvalue weighted by atomic mass is 10.1. The van der Waals surface area contributed by atoms with E-state index in [-0.39, 0.29) is 10.5 Å². The zero-order valence-electron chi connectivity index (χ0n) is 15.0. The van der Waals surface area contributed by atoms with Crippen LogP contribution in [0.3, 0.4) is 0 Å². The molecule has 0 atom stereocenters. The summed E-state index contributed by atoms with van der Waals surface area (Å²) in [7, 11) is -1.77. The maximum Gasteiger partial charge on any atom is 0.257 e. The first kappa shape index (κ1) is 19.1. The summed E-state index contributed by atoms with van der Waals surface area (Å²) >= 11 is 1.36. The number of sulfone groups is 1. The van der Waals surface area contributed by atoms with Gasteiger partial charge < -0.3 is 4.74 Å². The molecule has 0 aliphatic heterocycles. The number of anilines is 1. The maximum absolute atomic E-state index is 12.5. The van der Waals surface area contributed by atoms with Crippen LogP contribution in [-0.4, -0.2) is 32.7 Å². The van der Waals surface area contributed by atoms with Gasteiger partial charge in [-0.15, -0.1) is 11.3 Å². The fourth-order valence-corrected chi connectivity index (χ4v) is 4.00. The fraction of sp³-hybridized carbons (Fsp3) is 0.158. The summed E-state index contributed by atoms with van der Waals surface area (Å²) in [4.78, 5) is 18.0. The Kier molecular flexibility index (Phi) is 5.29. The predicted octanol–water partition coefficient (Wildman–Crippen LogP) is 3.78. The SMILES string of the molecule is COc1ccc(-c2nc(NC(=O)c3cccc(S(C)(=O)=O)c3)sc2C)cc1. The van der Waals surface area contributed by atoms with Gasteiger partial charge in [-0.25, -0.2) is 13.4 Å². The minimum atomic E-state index is -3.38. The average Bonchev–Trinajstić information content (AvgIpc) is 3.01. The molecule has 27 heavy (non-hydrogen) atoms. The number of benzene rings is 2. The van der Waals surface area contributed by atoms with Gasteiger partial charge in [0.05, 0.1) is 17.7 Å². The van der Waals surface area contributed by atoms with Gasteiger partial charge in [0, 0.05) is 22.3 Å². The lowest BCUT2D eigenvalue weighted by Crippen LogP contribution is -2.12. The first-order chi connectivity index (χ1) is 12.8. The Morgan fingerprint density at radius 3 is 2.48 bits per heavy atom. The summed E-state index contributed by atoms with van der Waals surface area (Å²) in [6.45, 7) is 1.93. The quantitative estimate of drug-likeness (QED) is 0.702. The third-order valence-electron chi connectivity index (χ3n) is 3.90. The number of hydrogen-bond acceptors (Lipinski definition) is 6. The van der Waals surface area contributed by atoms with Crippen molar-refractivity contribution in [3.63, 3.8) is 0 Å². The van der Waals surface area contributed by atoms with Crippen LogP contribution >= 0.6 is 11.3 Å². The molecule has 0 aliphatic carbocycles. The van der Waals surface area contributed by atoms with Crippen LogP contribution in [0.15, 0.2) is 53.4 Å². The fourth-order valence-electron chi connectivity index (χ4n) is 2.50. The van der Waals surface area contributed by atoms with Crippen LogP contribution < -0.4 is 10.1 Å². The number of methoxy groups -OCH3 is 1. The zero-order valence-corrected chi connectivity index (χ0v) is 16.6. The number of carbonyl (C=O) groups is 1. The van der Waals surface area contributed by atoms with E-state index in [2.05, 4.69) is 10.3 Å². The van der Waals surface area contributed by atoms with E-state index >= 15 is 0 Å². The van der Waals surface area contributed by atoms with Gasteiger partial charge >= 0.3 is 0 Å². The highest BCUT2D eigenvalue weighted by Gasteiger charge is 2.15. The summed E-state index contributed by atoms with van der Waals surface area (Å²) in [6, 6.07) is 13.4. The average molecular weight is 402 g/mol. The highest BCUT2D eigenvalue weighted by Crippen LogP contribution is 2.31. The van der Waals surface area contributed by atoms with Gasteiger partial charge in [0.1, 0.15) is 5.75 Å². The van der Waals surface area contributed by atoms with Crippen molar-refractivity contribution in [2.24, 2.45) is 0 Å². The lowest BCUT2D eigenvalue weighted by Gasteiger charge is -2.04. The molecule has 1 amide bonds. The lowest BCUT2D eigenvalue weighted by molar-refractivity contribution is 0.102. The second-order valence-electron chi connectivity index (χ2n) is 5.91. The summed E-state index contributed by atoms with van der Waals surface area (Å²) in [5.74, 6) is 0.349. The van der Waals surface area contributed by atoms with Crippen LogP contribution in [0.1, 0.15) is 15.2 Å². The van der Waals surface area contributed by atoms with E-state index in [0.717, 1.165) is 28.1 Å². The van der Waals surface area contributed by atoms with E-state index in [9.17, 15) is 13.2 Å². The monoisotopic (exact) mass is 402 g/mol. The first-order valence-corrected chi connectivity index (χ1v) is 10.7. The Labute approximate surface area is 161 Å². The highest BCUT2D eigenvalue weighted by atomic mass is 32.2. The minimum absolute atomic E-state index is 0.101. The van der Waals surface area contributed by atoms with Crippen LogP contribution in [-0.2, 0) is 9.84 Å². The van der Waals surface area contributed by atoms with Crippen molar-refractivity contribution in [1.29, 1.82) is 0 Å². The number of hydrogen-bond donors (Lipinski definition) is 1. The molecule has 0 spiro atoms. The van der Waals surface area contributed by atoms with E-state index in [1.807, 2.05) is 31.2 Å². The molecular weight excluding hydrogens is 384 g/mol. The Balaban J connectivity index is 1.83. The van der Waals surface area contributed by atoms with Gasteiger partial charge in [0.15, 0.2) is 15.0 Å². The predicted molar refractivity (Wildman–Crippen MR) is 106 cm³/mol. The van der Waals surface area contributed by atoms with Crippen molar-refractivity contribution >= 4 is 32.2 Å². The number of aromatic nitrogens is 1. The van der Waals surface area contributed by atoms with Crippen LogP contribution in [0.4, 0.5) is 5.13 Å². The molecule has 0 saturated carbocycles. The molecule has 0 bridgehead atoms. The standard InChI is InChI=1S/C19H18N2O4S2/c1-12-17(13-7-9-15(25-2)10-8-13)20-19(26-12)21-18(22)14-5-4-6-16(11-14)27(3,23)24/h4-11H,1-3H3,(H,20,21,22). The number of ether oxygens (including phenoxy) is 1. The van der Waals surface area contributed by atoms with Crippen LogP contribution in [0.5, 0.6) is 5.75 Å². The maximum atomic E-state index is 12.5. The molecule has 1 N–H and O–H groups in total. The highest BCUT2D eigenvalue weighted by molar-refractivity contribution is 7.90. The second kappa shape index (κ2) is 7.50. The zero-order chi connectivity index (χ0) is 19.6. The van der Waals surface area contributed by atoms with E-state index in [4.69, 9.17) is 4.74 Å². The molecule has 0 fully saturated rings. The third-order valence-corrected chi connectivity index (χ3v) is 5.90. The van der Waals surface area contributed by atoms with Gasteiger partial charge in [-0.05, 0) is 49.4 Å². The number of thiazole rings is 1. The Morgan fingerprint density at radius 1 is 1.15 bits per heavy atom. The number of nitrogens with zero attached hydrogens (tertiary/aromatic N) is 1. The van der Waals surface area contributed by atoms with Gasteiger partial charge in [-0.2, -0.15) is 0 Å². The first-order valence-electron chi connectivity index (χ1n) is 8.01. The molecule has 0 saturated heterocycles. The number of rotatable bonds is 5. The molecule has 3 aromatic rings. The summed E-state index contributed by atoms with van der Waals surface area (Å²) in [5.41, 5.74) is 1.96. The normalized spacial score (nSPS) is 11.2. The van der Waals surface area contributed by atoms with E-state index in [1.54, 1.807) is 19.2 Å². The van der Waals surface area contributed by atoms with Crippen LogP contribution in [0, 0.1) is 6.92 Å². The van der Waals surface area contributed by atoms with Gasteiger partial charge in [-0.1, -0.05) is 6.07 Å². The largest absolute Gasteiger partial charge is 0.497 e. The Bertz CT molecular complexity index is 1090. The molecule has 0 unspecified atom stereocenters. The molecule has 1 heterocycles. The Morgan fingerprint density at radius 2 is 1.85 bits per heavy atom. The van der Waals surface area contributed by atoms with E-state index in [1.165, 1.54) is 23.5 Å². The van der Waals surface area contributed by atoms with Crippen molar-refractivity contribution in [1.82, 2.24) is 4.98 Å². The molecule has 140 valence electrons. The van der Waals surface area contributed by atoms with Crippen LogP contribution in [0.2, 0.25) is 0 Å². The number of nitrogens with one attached hydrogen (secondary N) is 1. The van der Waals surface area contributed by atoms with Crippen molar-refractivity contribution in [3.05, 3.63) is 59.0 Å². The Hall–Kier alpha value is -2.71. The molecule has 0 radical (unpaired) electrons. The molecule has 1 aromatic heterocycles. The molecular formula is C19H18N2O4S2. The molecule has 0 aliphatic rings. The number of carbonyl (C=O) groups excluding carboxylic acids is 1.